The first-order valence-electron chi connectivity index (χ1n) is 8.82. The smallest absolute Gasteiger partial charge is 0.289 e. The molecule has 1 amide bonds. The van der Waals surface area contributed by atoms with Crippen LogP contribution in [0.4, 0.5) is 16.5 Å². The van der Waals surface area contributed by atoms with Gasteiger partial charge in [0.1, 0.15) is 11.3 Å². The highest BCUT2D eigenvalue weighted by molar-refractivity contribution is 7.14. The Morgan fingerprint density at radius 1 is 1.13 bits per heavy atom. The lowest BCUT2D eigenvalue weighted by Gasteiger charge is -2.05. The predicted octanol–water partition coefficient (Wildman–Crippen LogP) is 4.67. The third-order valence-electron chi connectivity index (χ3n) is 3.98. The molecule has 0 fully saturated rings. The standard InChI is InChI=1S/C19H16N4O6S/c1-2-9-29-14-6-3-12(4-7-14)16-11-30-19(20-16)21-18(24)15-8-5-13(22(25)26)10-17(15)23(27)28/h3-8,10-11H,2,9H2,1H3,(H,20,21,24). The summed E-state index contributed by atoms with van der Waals surface area (Å²) in [5.74, 6) is -0.0318. The van der Waals surface area contributed by atoms with E-state index in [0.29, 0.717) is 12.3 Å². The number of carbonyl (C=O) groups is 1. The van der Waals surface area contributed by atoms with Gasteiger partial charge in [0.05, 0.1) is 28.2 Å². The van der Waals surface area contributed by atoms with Crippen molar-refractivity contribution < 1.29 is 19.4 Å². The van der Waals surface area contributed by atoms with Crippen molar-refractivity contribution >= 4 is 33.8 Å². The number of carbonyl (C=O) groups excluding carboxylic acids is 1. The molecule has 30 heavy (non-hydrogen) atoms. The van der Waals surface area contributed by atoms with Gasteiger partial charge in [0, 0.05) is 17.0 Å². The molecule has 11 heteroatoms. The summed E-state index contributed by atoms with van der Waals surface area (Å²) >= 11 is 1.16. The Balaban J connectivity index is 1.77. The molecule has 0 aliphatic heterocycles. The summed E-state index contributed by atoms with van der Waals surface area (Å²) in [4.78, 5) is 37.2. The summed E-state index contributed by atoms with van der Waals surface area (Å²) in [5, 5.41) is 26.5. The van der Waals surface area contributed by atoms with Crippen molar-refractivity contribution in [2.75, 3.05) is 11.9 Å². The van der Waals surface area contributed by atoms with E-state index in [0.717, 1.165) is 47.3 Å². The number of amides is 1. The maximum Gasteiger partial charge on any atom is 0.289 e. The van der Waals surface area contributed by atoms with Gasteiger partial charge >= 0.3 is 0 Å². The fourth-order valence-corrected chi connectivity index (χ4v) is 3.26. The molecular formula is C19H16N4O6S. The minimum absolute atomic E-state index is 0.244. The van der Waals surface area contributed by atoms with Crippen molar-refractivity contribution in [2.45, 2.75) is 13.3 Å². The van der Waals surface area contributed by atoms with Crippen LogP contribution in [0.25, 0.3) is 11.3 Å². The number of rotatable bonds is 8. The Kier molecular flexibility index (Phi) is 6.32. The molecule has 0 saturated heterocycles. The summed E-state index contributed by atoms with van der Waals surface area (Å²) < 4.78 is 5.53. The lowest BCUT2D eigenvalue weighted by atomic mass is 10.1. The monoisotopic (exact) mass is 428 g/mol. The third kappa shape index (κ3) is 4.75. The Morgan fingerprint density at radius 3 is 2.50 bits per heavy atom. The van der Waals surface area contributed by atoms with E-state index in [1.54, 1.807) is 5.38 Å². The van der Waals surface area contributed by atoms with Gasteiger partial charge in [-0.1, -0.05) is 6.92 Å². The zero-order valence-electron chi connectivity index (χ0n) is 15.7. The minimum atomic E-state index is -0.836. The molecule has 1 aromatic heterocycles. The molecule has 1 N–H and O–H groups in total. The Hall–Kier alpha value is -3.86. The van der Waals surface area contributed by atoms with Gasteiger partial charge in [0.15, 0.2) is 5.13 Å². The Labute approximate surface area is 174 Å². The number of hydrogen-bond acceptors (Lipinski definition) is 8. The molecule has 0 spiro atoms. The van der Waals surface area contributed by atoms with Crippen LogP contribution in [0.15, 0.2) is 47.8 Å². The number of thiazole rings is 1. The van der Waals surface area contributed by atoms with Crippen molar-refractivity contribution in [3.63, 3.8) is 0 Å². The molecular weight excluding hydrogens is 412 g/mol. The Morgan fingerprint density at radius 2 is 1.87 bits per heavy atom. The lowest BCUT2D eigenvalue weighted by Crippen LogP contribution is -2.14. The molecule has 2 aromatic carbocycles. The molecule has 0 saturated carbocycles. The number of nitrogens with zero attached hydrogens (tertiary/aromatic N) is 3. The largest absolute Gasteiger partial charge is 0.494 e. The van der Waals surface area contributed by atoms with E-state index >= 15 is 0 Å². The fourth-order valence-electron chi connectivity index (χ4n) is 2.55. The van der Waals surface area contributed by atoms with Crippen LogP contribution in [0.3, 0.4) is 0 Å². The van der Waals surface area contributed by atoms with Crippen molar-refractivity contribution in [1.29, 1.82) is 0 Å². The number of nitro benzene ring substituents is 2. The van der Waals surface area contributed by atoms with Crippen LogP contribution in [0.2, 0.25) is 0 Å². The van der Waals surface area contributed by atoms with Crippen LogP contribution >= 0.6 is 11.3 Å². The van der Waals surface area contributed by atoms with E-state index in [1.165, 1.54) is 0 Å². The van der Waals surface area contributed by atoms with Gasteiger partial charge in [-0.2, -0.15) is 0 Å². The number of non-ortho nitro benzene ring substituents is 1. The number of benzene rings is 2. The SMILES string of the molecule is CCCOc1ccc(-c2csc(NC(=O)c3ccc([N+](=O)[O-])cc3[N+](=O)[O-])n2)cc1. The second-order valence-corrected chi connectivity index (χ2v) is 6.94. The quantitative estimate of drug-likeness (QED) is 0.406. The second-order valence-electron chi connectivity index (χ2n) is 6.08. The van der Waals surface area contributed by atoms with E-state index in [-0.39, 0.29) is 10.7 Å². The van der Waals surface area contributed by atoms with Crippen LogP contribution in [0.1, 0.15) is 23.7 Å². The number of ether oxygens (including phenoxy) is 1. The average molecular weight is 428 g/mol. The number of aromatic nitrogens is 1. The summed E-state index contributed by atoms with van der Waals surface area (Å²) in [6, 6.07) is 10.2. The van der Waals surface area contributed by atoms with Crippen molar-refractivity contribution in [1.82, 2.24) is 4.98 Å². The molecule has 1 heterocycles. The third-order valence-corrected chi connectivity index (χ3v) is 4.74. The van der Waals surface area contributed by atoms with Crippen LogP contribution < -0.4 is 10.1 Å². The van der Waals surface area contributed by atoms with E-state index in [2.05, 4.69) is 10.3 Å². The molecule has 0 atom stereocenters. The summed E-state index contributed by atoms with van der Waals surface area (Å²) in [7, 11) is 0. The van der Waals surface area contributed by atoms with Crippen LogP contribution in [0.5, 0.6) is 5.75 Å². The molecule has 0 unspecified atom stereocenters. The van der Waals surface area contributed by atoms with Gasteiger partial charge < -0.3 is 4.74 Å². The molecule has 10 nitrogen and oxygen atoms in total. The van der Waals surface area contributed by atoms with Crippen LogP contribution in [-0.2, 0) is 0 Å². The van der Waals surface area contributed by atoms with Crippen molar-refractivity contribution in [2.24, 2.45) is 0 Å². The molecule has 154 valence electrons. The zero-order valence-corrected chi connectivity index (χ0v) is 16.5. The predicted molar refractivity (Wildman–Crippen MR) is 111 cm³/mol. The molecule has 3 rings (SSSR count). The average Bonchev–Trinajstić information content (AvgIpc) is 3.20. The molecule has 0 aliphatic rings. The van der Waals surface area contributed by atoms with E-state index in [1.807, 2.05) is 31.2 Å². The first-order valence-corrected chi connectivity index (χ1v) is 9.70. The highest BCUT2D eigenvalue weighted by atomic mass is 32.1. The van der Waals surface area contributed by atoms with Crippen LogP contribution in [0, 0.1) is 20.2 Å². The molecule has 0 bridgehead atoms. The van der Waals surface area contributed by atoms with Gasteiger partial charge in [-0.15, -0.1) is 11.3 Å². The topological polar surface area (TPSA) is 138 Å². The zero-order chi connectivity index (χ0) is 21.7. The summed E-state index contributed by atoms with van der Waals surface area (Å²) in [5.41, 5.74) is 0.0227. The lowest BCUT2D eigenvalue weighted by molar-refractivity contribution is -0.394. The molecule has 3 aromatic rings. The van der Waals surface area contributed by atoms with Crippen molar-refractivity contribution in [3.8, 4) is 17.0 Å². The second kappa shape index (κ2) is 9.09. The molecule has 0 radical (unpaired) electrons. The van der Waals surface area contributed by atoms with Crippen molar-refractivity contribution in [3.05, 3.63) is 73.6 Å². The van der Waals surface area contributed by atoms with Gasteiger partial charge in [-0.05, 0) is 36.8 Å². The van der Waals surface area contributed by atoms with E-state index in [9.17, 15) is 25.0 Å². The number of hydrogen-bond donors (Lipinski definition) is 1. The maximum atomic E-state index is 12.5. The van der Waals surface area contributed by atoms with Gasteiger partial charge in [0.2, 0.25) is 0 Å². The maximum absolute atomic E-state index is 12.5. The highest BCUT2D eigenvalue weighted by Crippen LogP contribution is 2.29. The number of anilines is 1. The minimum Gasteiger partial charge on any atom is -0.494 e. The fraction of sp³-hybridized carbons (Fsp3) is 0.158. The Bertz CT molecular complexity index is 1100. The first-order chi connectivity index (χ1) is 14.4. The van der Waals surface area contributed by atoms with Gasteiger partial charge in [-0.3, -0.25) is 30.3 Å². The van der Waals surface area contributed by atoms with E-state index < -0.39 is 27.1 Å². The summed E-state index contributed by atoms with van der Waals surface area (Å²) in [6.07, 6.45) is 0.907. The summed E-state index contributed by atoms with van der Waals surface area (Å²) in [6.45, 7) is 2.64. The number of nitrogens with one attached hydrogen (secondary N) is 1. The number of nitro groups is 2. The van der Waals surface area contributed by atoms with Gasteiger partial charge in [-0.25, -0.2) is 4.98 Å². The first kappa shape index (κ1) is 20.9. The van der Waals surface area contributed by atoms with Gasteiger partial charge in [0.25, 0.3) is 17.3 Å². The highest BCUT2D eigenvalue weighted by Gasteiger charge is 2.24. The normalized spacial score (nSPS) is 10.4. The van der Waals surface area contributed by atoms with E-state index in [4.69, 9.17) is 4.74 Å². The molecule has 0 aliphatic carbocycles. The van der Waals surface area contributed by atoms with Crippen LogP contribution in [-0.4, -0.2) is 27.3 Å².